The molecule has 0 aromatic carbocycles. The molecule has 0 radical (unpaired) electrons. The largest absolute Gasteiger partial charge is 0.459 e. The predicted molar refractivity (Wildman–Crippen MR) is 84.6 cm³/mol. The van der Waals surface area contributed by atoms with E-state index < -0.39 is 5.60 Å². The van der Waals surface area contributed by atoms with Gasteiger partial charge in [0, 0.05) is 13.1 Å². The molecule has 1 aliphatic rings. The van der Waals surface area contributed by atoms with Crippen LogP contribution in [0, 0.1) is 0 Å². The number of aromatic nitrogens is 2. The minimum atomic E-state index is -0.605. The monoisotopic (exact) mass is 320 g/mol. The van der Waals surface area contributed by atoms with Crippen molar-refractivity contribution in [3.8, 4) is 11.7 Å². The Morgan fingerprint density at radius 2 is 2.17 bits per heavy atom. The van der Waals surface area contributed by atoms with Crippen LogP contribution in [-0.2, 0) is 6.54 Å². The van der Waals surface area contributed by atoms with Gasteiger partial charge in [0.1, 0.15) is 0 Å². The zero-order valence-corrected chi connectivity index (χ0v) is 13.7. The maximum absolute atomic E-state index is 10.7. The Balaban J connectivity index is 1.59. The highest BCUT2D eigenvalue weighted by Crippen LogP contribution is 2.24. The lowest BCUT2D eigenvalue weighted by molar-refractivity contribution is 0.00241. The first-order chi connectivity index (χ1) is 11.0. The zero-order valence-electron chi connectivity index (χ0n) is 13.7. The number of rotatable bonds is 5. The number of nitrogens with zero attached hydrogens (tertiary/aromatic N) is 4. The van der Waals surface area contributed by atoms with Crippen LogP contribution in [-0.4, -0.2) is 64.4 Å². The van der Waals surface area contributed by atoms with Crippen LogP contribution in [0.4, 0.5) is 0 Å². The highest BCUT2D eigenvalue weighted by Gasteiger charge is 2.31. The van der Waals surface area contributed by atoms with Crippen molar-refractivity contribution < 1.29 is 13.9 Å². The van der Waals surface area contributed by atoms with Gasteiger partial charge in [0.25, 0.3) is 5.89 Å². The van der Waals surface area contributed by atoms with Crippen LogP contribution in [0.1, 0.15) is 25.2 Å². The van der Waals surface area contributed by atoms with Crippen LogP contribution >= 0.6 is 0 Å². The molecular weight excluding hydrogens is 296 g/mol. The van der Waals surface area contributed by atoms with Crippen LogP contribution in [0.15, 0.2) is 27.2 Å². The highest BCUT2D eigenvalue weighted by atomic mass is 16.4. The molecule has 126 valence electrons. The lowest BCUT2D eigenvalue weighted by Crippen LogP contribution is -2.40. The summed E-state index contributed by atoms with van der Waals surface area (Å²) < 4.78 is 10.9. The Bertz CT molecular complexity index is 611. The van der Waals surface area contributed by atoms with E-state index in [1.54, 1.807) is 18.4 Å². The number of likely N-dealkylation sites (tertiary alicyclic amines) is 1. The number of aliphatic hydroxyl groups is 1. The molecule has 0 spiro atoms. The molecule has 7 heteroatoms. The summed E-state index contributed by atoms with van der Waals surface area (Å²) in [6.07, 6.45) is 4.12. The van der Waals surface area contributed by atoms with E-state index in [2.05, 4.69) is 15.1 Å². The van der Waals surface area contributed by atoms with Crippen molar-refractivity contribution in [2.45, 2.75) is 31.4 Å². The number of hydrogen-bond acceptors (Lipinski definition) is 7. The molecule has 23 heavy (non-hydrogen) atoms. The molecule has 0 bridgehead atoms. The van der Waals surface area contributed by atoms with Gasteiger partial charge in [0.2, 0.25) is 5.89 Å². The second-order valence-corrected chi connectivity index (χ2v) is 6.57. The molecule has 1 fully saturated rings. The molecule has 1 atom stereocenters. The van der Waals surface area contributed by atoms with E-state index in [-0.39, 0.29) is 0 Å². The normalized spacial score (nSPS) is 23.3. The third-order valence-corrected chi connectivity index (χ3v) is 4.18. The maximum Gasteiger partial charge on any atom is 0.283 e. The summed E-state index contributed by atoms with van der Waals surface area (Å²) in [4.78, 5) is 4.30. The Kier molecular flexibility index (Phi) is 4.79. The SMILES string of the molecule is CN(C)C[C@]1(O)CCCN(Cc2nnc(-c3ccco3)o2)CC1. The van der Waals surface area contributed by atoms with Crippen molar-refractivity contribution in [3.05, 3.63) is 24.3 Å². The van der Waals surface area contributed by atoms with Gasteiger partial charge >= 0.3 is 0 Å². The highest BCUT2D eigenvalue weighted by molar-refractivity contribution is 5.42. The minimum absolute atomic E-state index is 0.406. The van der Waals surface area contributed by atoms with Gasteiger partial charge < -0.3 is 18.8 Å². The first-order valence-corrected chi connectivity index (χ1v) is 8.00. The van der Waals surface area contributed by atoms with E-state index in [1.165, 1.54) is 0 Å². The van der Waals surface area contributed by atoms with Crippen LogP contribution in [0.3, 0.4) is 0 Å². The Hall–Kier alpha value is -1.70. The Morgan fingerprint density at radius 3 is 2.91 bits per heavy atom. The molecule has 1 saturated heterocycles. The lowest BCUT2D eigenvalue weighted by Gasteiger charge is -2.29. The third kappa shape index (κ3) is 4.19. The van der Waals surface area contributed by atoms with Crippen LogP contribution < -0.4 is 0 Å². The van der Waals surface area contributed by atoms with E-state index in [0.717, 1.165) is 32.4 Å². The molecule has 2 aromatic heterocycles. The Morgan fingerprint density at radius 1 is 1.30 bits per heavy atom. The maximum atomic E-state index is 10.7. The molecule has 1 aliphatic heterocycles. The summed E-state index contributed by atoms with van der Waals surface area (Å²) in [7, 11) is 3.99. The molecular formula is C16H24N4O3. The number of furan rings is 1. The van der Waals surface area contributed by atoms with Crippen molar-refractivity contribution in [2.24, 2.45) is 0 Å². The van der Waals surface area contributed by atoms with Crippen LogP contribution in [0.25, 0.3) is 11.7 Å². The van der Waals surface area contributed by atoms with E-state index >= 15 is 0 Å². The standard InChI is InChI=1S/C16H24N4O3/c1-19(2)12-16(21)6-4-8-20(9-7-16)11-14-17-18-15(23-14)13-5-3-10-22-13/h3,5,10,21H,4,6-9,11-12H2,1-2H3/t16-/m0/s1. The van der Waals surface area contributed by atoms with Gasteiger partial charge in [-0.1, -0.05) is 0 Å². The lowest BCUT2D eigenvalue weighted by atomic mass is 9.94. The fourth-order valence-electron chi connectivity index (χ4n) is 3.15. The molecule has 3 rings (SSSR count). The van der Waals surface area contributed by atoms with Crippen molar-refractivity contribution in [3.63, 3.8) is 0 Å². The molecule has 0 amide bonds. The first-order valence-electron chi connectivity index (χ1n) is 8.00. The smallest absolute Gasteiger partial charge is 0.283 e. The van der Waals surface area contributed by atoms with Gasteiger partial charge in [-0.25, -0.2) is 0 Å². The quantitative estimate of drug-likeness (QED) is 0.896. The molecule has 0 unspecified atom stereocenters. The molecule has 2 aromatic rings. The second kappa shape index (κ2) is 6.82. The number of hydrogen-bond donors (Lipinski definition) is 1. The fourth-order valence-corrected chi connectivity index (χ4v) is 3.15. The van der Waals surface area contributed by atoms with Gasteiger partial charge in [-0.2, -0.15) is 0 Å². The molecule has 3 heterocycles. The fraction of sp³-hybridized carbons (Fsp3) is 0.625. The average molecular weight is 320 g/mol. The van der Waals surface area contributed by atoms with Crippen LogP contribution in [0.2, 0.25) is 0 Å². The predicted octanol–water partition coefficient (Wildman–Crippen LogP) is 1.61. The van der Waals surface area contributed by atoms with Crippen molar-refractivity contribution >= 4 is 0 Å². The van der Waals surface area contributed by atoms with E-state index in [9.17, 15) is 5.11 Å². The molecule has 0 aliphatic carbocycles. The van der Waals surface area contributed by atoms with E-state index in [4.69, 9.17) is 8.83 Å². The average Bonchev–Trinajstić information content (AvgIpc) is 3.11. The van der Waals surface area contributed by atoms with E-state index in [1.807, 2.05) is 19.0 Å². The van der Waals surface area contributed by atoms with Gasteiger partial charge in [-0.15, -0.1) is 10.2 Å². The summed E-state index contributed by atoms with van der Waals surface area (Å²) in [5, 5.41) is 18.8. The molecule has 0 saturated carbocycles. The first kappa shape index (κ1) is 16.2. The minimum Gasteiger partial charge on any atom is -0.459 e. The van der Waals surface area contributed by atoms with E-state index in [0.29, 0.717) is 30.6 Å². The number of likely N-dealkylation sites (N-methyl/N-ethyl adjacent to an activating group) is 1. The summed E-state index contributed by atoms with van der Waals surface area (Å²) in [5.41, 5.74) is -0.605. The van der Waals surface area contributed by atoms with Crippen LogP contribution in [0.5, 0.6) is 0 Å². The second-order valence-electron chi connectivity index (χ2n) is 6.57. The zero-order chi connectivity index (χ0) is 16.3. The van der Waals surface area contributed by atoms with Crippen molar-refractivity contribution in [2.75, 3.05) is 33.7 Å². The molecule has 7 nitrogen and oxygen atoms in total. The summed E-state index contributed by atoms with van der Waals surface area (Å²) in [6, 6.07) is 3.59. The summed E-state index contributed by atoms with van der Waals surface area (Å²) in [5.74, 6) is 1.57. The Labute approximate surface area is 135 Å². The topological polar surface area (TPSA) is 78.8 Å². The third-order valence-electron chi connectivity index (χ3n) is 4.18. The van der Waals surface area contributed by atoms with Gasteiger partial charge in [-0.3, -0.25) is 4.90 Å². The van der Waals surface area contributed by atoms with Crippen molar-refractivity contribution in [1.82, 2.24) is 20.0 Å². The summed E-state index contributed by atoms with van der Waals surface area (Å²) >= 11 is 0. The van der Waals surface area contributed by atoms with Gasteiger partial charge in [0.15, 0.2) is 5.76 Å². The van der Waals surface area contributed by atoms with Gasteiger partial charge in [-0.05, 0) is 52.0 Å². The van der Waals surface area contributed by atoms with Crippen molar-refractivity contribution in [1.29, 1.82) is 0 Å². The van der Waals surface area contributed by atoms with Gasteiger partial charge in [0.05, 0.1) is 18.4 Å². The summed E-state index contributed by atoms with van der Waals surface area (Å²) in [6.45, 7) is 3.05. The molecule has 1 N–H and O–H groups in total.